The number of carbonyl (C=O) groups is 1. The van der Waals surface area contributed by atoms with Gasteiger partial charge in [0.05, 0.1) is 12.0 Å². The van der Waals surface area contributed by atoms with Crippen LogP contribution in [0.4, 0.5) is 0 Å². The molecule has 0 fully saturated rings. The van der Waals surface area contributed by atoms with Crippen molar-refractivity contribution < 1.29 is 17.9 Å². The molecule has 0 aliphatic carbocycles. The van der Waals surface area contributed by atoms with E-state index in [9.17, 15) is 13.2 Å². The largest absolute Gasteiger partial charge is 0.497 e. The number of rotatable bonds is 5. The van der Waals surface area contributed by atoms with Crippen molar-refractivity contribution in [3.05, 3.63) is 65.1 Å². The van der Waals surface area contributed by atoms with Gasteiger partial charge in [-0.25, -0.2) is 8.42 Å². The molecule has 4 nitrogen and oxygen atoms in total. The normalized spacial score (nSPS) is 12.0. The van der Waals surface area contributed by atoms with E-state index >= 15 is 0 Å². The Hall–Kier alpha value is -2.40. The molecule has 2 rings (SSSR count). The molecular formula is C17H16O4S. The number of benzene rings is 2. The molecule has 0 spiro atoms. The van der Waals surface area contributed by atoms with Gasteiger partial charge < -0.3 is 4.74 Å². The highest BCUT2D eigenvalue weighted by molar-refractivity contribution is 7.96. The van der Waals surface area contributed by atoms with Crippen molar-refractivity contribution in [3.63, 3.8) is 0 Å². The number of ketones is 1. The molecular weight excluding hydrogens is 300 g/mol. The van der Waals surface area contributed by atoms with Crippen LogP contribution < -0.4 is 4.74 Å². The van der Waals surface area contributed by atoms with Crippen LogP contribution in [0.25, 0.3) is 6.08 Å². The van der Waals surface area contributed by atoms with E-state index in [0.717, 1.165) is 0 Å². The third-order valence-corrected chi connectivity index (χ3v) is 4.98. The summed E-state index contributed by atoms with van der Waals surface area (Å²) in [4.78, 5) is 11.7. The van der Waals surface area contributed by atoms with E-state index in [4.69, 9.17) is 4.74 Å². The topological polar surface area (TPSA) is 60.4 Å². The molecule has 0 atom stereocenters. The zero-order valence-electron chi connectivity index (χ0n) is 12.3. The lowest BCUT2D eigenvalue weighted by molar-refractivity contribution is -0.112. The summed E-state index contributed by atoms with van der Waals surface area (Å²) in [6.45, 7) is 1.25. The van der Waals surface area contributed by atoms with Crippen LogP contribution in [-0.4, -0.2) is 21.3 Å². The monoisotopic (exact) mass is 316 g/mol. The fraction of sp³-hybridized carbons (Fsp3) is 0.118. The average molecular weight is 316 g/mol. The average Bonchev–Trinajstić information content (AvgIpc) is 2.53. The number of carbonyl (C=O) groups excluding carboxylic acids is 1. The van der Waals surface area contributed by atoms with Crippen molar-refractivity contribution in [2.75, 3.05) is 7.11 Å². The summed E-state index contributed by atoms with van der Waals surface area (Å²) in [7, 11) is -2.29. The standard InChI is InChI=1S/C17H16O4S/c1-13(18)17(12-14-8-10-15(21-2)11-9-14)22(19,20)16-6-4-3-5-7-16/h3-12H,1-2H3/b17-12+. The Labute approximate surface area is 130 Å². The number of methoxy groups -OCH3 is 1. The minimum atomic E-state index is -3.83. The van der Waals surface area contributed by atoms with E-state index in [1.54, 1.807) is 49.6 Å². The van der Waals surface area contributed by atoms with Crippen molar-refractivity contribution in [1.29, 1.82) is 0 Å². The van der Waals surface area contributed by atoms with Crippen molar-refractivity contribution in [3.8, 4) is 5.75 Å². The number of Topliss-reactive ketones (excluding diaryl/α,β-unsaturated/α-hetero) is 1. The van der Waals surface area contributed by atoms with E-state index in [1.807, 2.05) is 0 Å². The van der Waals surface area contributed by atoms with Gasteiger partial charge in [0, 0.05) is 0 Å². The van der Waals surface area contributed by atoms with Crippen LogP contribution in [0.3, 0.4) is 0 Å². The van der Waals surface area contributed by atoms with Gasteiger partial charge in [-0.2, -0.15) is 0 Å². The van der Waals surface area contributed by atoms with Crippen molar-refractivity contribution in [2.45, 2.75) is 11.8 Å². The molecule has 114 valence electrons. The highest BCUT2D eigenvalue weighted by Gasteiger charge is 2.24. The lowest BCUT2D eigenvalue weighted by atomic mass is 10.2. The van der Waals surface area contributed by atoms with E-state index < -0.39 is 15.6 Å². The Balaban J connectivity index is 2.50. The summed E-state index contributed by atoms with van der Waals surface area (Å²) in [5, 5.41) is 0. The SMILES string of the molecule is COc1ccc(/C=C(\C(C)=O)S(=O)(=O)c2ccccc2)cc1. The van der Waals surface area contributed by atoms with Crippen LogP contribution >= 0.6 is 0 Å². The zero-order valence-corrected chi connectivity index (χ0v) is 13.1. The molecule has 0 aromatic heterocycles. The Kier molecular flexibility index (Phi) is 4.78. The first kappa shape index (κ1) is 16.0. The van der Waals surface area contributed by atoms with Gasteiger partial charge in [0.1, 0.15) is 10.7 Å². The summed E-state index contributed by atoms with van der Waals surface area (Å²) in [5.41, 5.74) is 0.616. The highest BCUT2D eigenvalue weighted by Crippen LogP contribution is 2.23. The van der Waals surface area contributed by atoms with Crippen molar-refractivity contribution >= 4 is 21.7 Å². The first-order valence-electron chi connectivity index (χ1n) is 6.62. The quantitative estimate of drug-likeness (QED) is 0.795. The predicted molar refractivity (Wildman–Crippen MR) is 85.3 cm³/mol. The van der Waals surface area contributed by atoms with Gasteiger partial charge in [0.2, 0.25) is 9.84 Å². The minimum absolute atomic E-state index is 0.102. The van der Waals surface area contributed by atoms with Gasteiger partial charge >= 0.3 is 0 Å². The van der Waals surface area contributed by atoms with Gasteiger partial charge in [0.15, 0.2) is 5.78 Å². The number of hydrogen-bond donors (Lipinski definition) is 0. The van der Waals surface area contributed by atoms with Crippen LogP contribution in [0.1, 0.15) is 12.5 Å². The van der Waals surface area contributed by atoms with Gasteiger partial charge in [-0.1, -0.05) is 30.3 Å². The second kappa shape index (κ2) is 6.58. The number of hydrogen-bond acceptors (Lipinski definition) is 4. The van der Waals surface area contributed by atoms with Crippen LogP contribution in [0, 0.1) is 0 Å². The second-order valence-corrected chi connectivity index (χ2v) is 6.57. The highest BCUT2D eigenvalue weighted by atomic mass is 32.2. The van der Waals surface area contributed by atoms with E-state index in [-0.39, 0.29) is 9.80 Å². The molecule has 0 N–H and O–H groups in total. The third kappa shape index (κ3) is 3.43. The van der Waals surface area contributed by atoms with Gasteiger partial charge in [-0.3, -0.25) is 4.79 Å². The molecule has 2 aromatic carbocycles. The molecule has 0 bridgehead atoms. The second-order valence-electron chi connectivity index (χ2n) is 4.65. The van der Waals surface area contributed by atoms with Gasteiger partial charge in [-0.15, -0.1) is 0 Å². The number of ether oxygens (including phenoxy) is 1. The third-order valence-electron chi connectivity index (χ3n) is 3.10. The van der Waals surface area contributed by atoms with Crippen LogP contribution in [0.5, 0.6) is 5.75 Å². The van der Waals surface area contributed by atoms with E-state index in [1.165, 1.54) is 25.1 Å². The fourth-order valence-corrected chi connectivity index (χ4v) is 3.39. The summed E-state index contributed by atoms with van der Waals surface area (Å²) >= 11 is 0. The van der Waals surface area contributed by atoms with Gasteiger partial charge in [-0.05, 0) is 42.8 Å². The van der Waals surface area contributed by atoms with Crippen LogP contribution in [-0.2, 0) is 14.6 Å². The Bertz CT molecular complexity index is 788. The molecule has 22 heavy (non-hydrogen) atoms. The molecule has 5 heteroatoms. The molecule has 0 amide bonds. The number of sulfone groups is 1. The molecule has 2 aromatic rings. The lowest BCUT2D eigenvalue weighted by Gasteiger charge is -2.07. The maximum Gasteiger partial charge on any atom is 0.210 e. The summed E-state index contributed by atoms with van der Waals surface area (Å²) in [5.74, 6) is 0.159. The molecule has 0 saturated carbocycles. The van der Waals surface area contributed by atoms with Crippen LogP contribution in [0.15, 0.2) is 64.4 Å². The number of allylic oxidation sites excluding steroid dienone is 1. The molecule has 0 unspecified atom stereocenters. The Morgan fingerprint density at radius 2 is 1.59 bits per heavy atom. The summed E-state index contributed by atoms with van der Waals surface area (Å²) < 4.78 is 30.2. The van der Waals surface area contributed by atoms with E-state index in [0.29, 0.717) is 11.3 Å². The molecule has 0 saturated heterocycles. The maximum atomic E-state index is 12.6. The molecule has 0 radical (unpaired) electrons. The van der Waals surface area contributed by atoms with Crippen molar-refractivity contribution in [2.24, 2.45) is 0 Å². The van der Waals surface area contributed by atoms with Gasteiger partial charge in [0.25, 0.3) is 0 Å². The molecule has 0 heterocycles. The zero-order chi connectivity index (χ0) is 16.2. The van der Waals surface area contributed by atoms with E-state index in [2.05, 4.69) is 0 Å². The first-order chi connectivity index (χ1) is 10.4. The Morgan fingerprint density at radius 1 is 1.00 bits per heavy atom. The first-order valence-corrected chi connectivity index (χ1v) is 8.10. The van der Waals surface area contributed by atoms with Crippen molar-refractivity contribution in [1.82, 2.24) is 0 Å². The maximum absolute atomic E-state index is 12.6. The predicted octanol–water partition coefficient (Wildman–Crippen LogP) is 3.10. The minimum Gasteiger partial charge on any atom is -0.497 e. The summed E-state index contributed by atoms with van der Waals surface area (Å²) in [6, 6.07) is 14.7. The summed E-state index contributed by atoms with van der Waals surface area (Å²) in [6.07, 6.45) is 1.38. The fourth-order valence-electron chi connectivity index (χ4n) is 1.95. The molecule has 0 aliphatic rings. The smallest absolute Gasteiger partial charge is 0.210 e. The molecule has 0 aliphatic heterocycles. The lowest BCUT2D eigenvalue weighted by Crippen LogP contribution is -2.11. The van der Waals surface area contributed by atoms with Crippen LogP contribution in [0.2, 0.25) is 0 Å². The Morgan fingerprint density at radius 3 is 2.09 bits per heavy atom.